The number of aliphatic hydroxyl groups excluding tert-OH is 1. The van der Waals surface area contributed by atoms with Gasteiger partial charge >= 0.3 is 0 Å². The molecule has 1 atom stereocenters. The van der Waals surface area contributed by atoms with E-state index in [0.717, 1.165) is 45.8 Å². The van der Waals surface area contributed by atoms with Gasteiger partial charge in [0.25, 0.3) is 0 Å². The Morgan fingerprint density at radius 1 is 1.29 bits per heavy atom. The highest BCUT2D eigenvalue weighted by atomic mass is 16.5. The molecule has 17 heavy (non-hydrogen) atoms. The van der Waals surface area contributed by atoms with E-state index in [1.807, 2.05) is 0 Å². The topological polar surface area (TPSA) is 44.7 Å². The molecule has 2 N–H and O–H groups in total. The molecule has 102 valence electrons. The zero-order valence-corrected chi connectivity index (χ0v) is 11.4. The van der Waals surface area contributed by atoms with Gasteiger partial charge in [-0.15, -0.1) is 0 Å². The van der Waals surface area contributed by atoms with Crippen LogP contribution in [0, 0.1) is 0 Å². The number of ether oxygens (including phenoxy) is 1. The van der Waals surface area contributed by atoms with E-state index in [1.54, 1.807) is 0 Å². The number of aliphatic hydroxyl groups is 1. The summed E-state index contributed by atoms with van der Waals surface area (Å²) in [7, 11) is 0. The molecular formula is C13H28N2O2. The number of rotatable bonds is 8. The lowest BCUT2D eigenvalue weighted by Crippen LogP contribution is -2.45. The van der Waals surface area contributed by atoms with E-state index < -0.39 is 0 Å². The predicted molar refractivity (Wildman–Crippen MR) is 70.3 cm³/mol. The van der Waals surface area contributed by atoms with Crippen molar-refractivity contribution in [3.8, 4) is 0 Å². The van der Waals surface area contributed by atoms with E-state index >= 15 is 0 Å². The molecule has 0 aromatic carbocycles. The van der Waals surface area contributed by atoms with Crippen LogP contribution in [0.3, 0.4) is 0 Å². The summed E-state index contributed by atoms with van der Waals surface area (Å²) >= 11 is 0. The largest absolute Gasteiger partial charge is 0.394 e. The van der Waals surface area contributed by atoms with Crippen LogP contribution in [0.15, 0.2) is 0 Å². The molecule has 1 rings (SSSR count). The van der Waals surface area contributed by atoms with Crippen molar-refractivity contribution in [2.75, 3.05) is 46.0 Å². The quantitative estimate of drug-likeness (QED) is 0.621. The first-order valence-corrected chi connectivity index (χ1v) is 6.86. The second-order valence-electron chi connectivity index (χ2n) is 5.16. The Hall–Kier alpha value is -0.160. The number of nitrogens with one attached hydrogen (secondary N) is 1. The molecule has 0 amide bonds. The van der Waals surface area contributed by atoms with Crippen LogP contribution < -0.4 is 5.32 Å². The van der Waals surface area contributed by atoms with E-state index in [9.17, 15) is 5.11 Å². The Balaban J connectivity index is 2.09. The molecule has 1 heterocycles. The number of unbranched alkanes of at least 4 members (excludes halogenated alkanes) is 1. The van der Waals surface area contributed by atoms with Gasteiger partial charge in [-0.3, -0.25) is 4.90 Å². The lowest BCUT2D eigenvalue weighted by molar-refractivity contribution is 0.0367. The van der Waals surface area contributed by atoms with E-state index in [1.165, 1.54) is 12.8 Å². The van der Waals surface area contributed by atoms with Crippen LogP contribution in [0.5, 0.6) is 0 Å². The van der Waals surface area contributed by atoms with Crippen LogP contribution >= 0.6 is 0 Å². The van der Waals surface area contributed by atoms with Crippen molar-refractivity contribution in [1.29, 1.82) is 0 Å². The van der Waals surface area contributed by atoms with Crippen LogP contribution in [0.1, 0.15) is 33.1 Å². The van der Waals surface area contributed by atoms with Crippen LogP contribution in [0.25, 0.3) is 0 Å². The third-order valence-corrected chi connectivity index (χ3v) is 3.51. The highest BCUT2D eigenvalue weighted by Gasteiger charge is 2.21. The monoisotopic (exact) mass is 244 g/mol. The van der Waals surface area contributed by atoms with Gasteiger partial charge in [0.15, 0.2) is 0 Å². The second-order valence-corrected chi connectivity index (χ2v) is 5.16. The Bertz CT molecular complexity index is 196. The molecule has 0 aromatic rings. The van der Waals surface area contributed by atoms with Gasteiger partial charge in [-0.1, -0.05) is 13.3 Å². The van der Waals surface area contributed by atoms with E-state index in [2.05, 4.69) is 24.1 Å². The van der Waals surface area contributed by atoms with E-state index in [0.29, 0.717) is 0 Å². The van der Waals surface area contributed by atoms with Gasteiger partial charge in [-0.05, 0) is 32.9 Å². The zero-order valence-electron chi connectivity index (χ0n) is 11.4. The minimum absolute atomic E-state index is 0.0975. The summed E-state index contributed by atoms with van der Waals surface area (Å²) < 4.78 is 5.32. The lowest BCUT2D eigenvalue weighted by Gasteiger charge is -2.30. The normalized spacial score (nSPS) is 21.4. The molecule has 0 spiro atoms. The highest BCUT2D eigenvalue weighted by Crippen LogP contribution is 2.13. The van der Waals surface area contributed by atoms with Gasteiger partial charge < -0.3 is 15.2 Å². The van der Waals surface area contributed by atoms with Crippen molar-refractivity contribution in [3.05, 3.63) is 0 Å². The summed E-state index contributed by atoms with van der Waals surface area (Å²) in [6.07, 6.45) is 3.42. The van der Waals surface area contributed by atoms with Crippen LogP contribution in [-0.2, 0) is 4.74 Å². The standard InChI is InChI=1S/C13H28N2O2/c1-3-14-13(2,12-16)6-4-5-7-15-8-10-17-11-9-15/h14,16H,3-12H2,1-2H3. The van der Waals surface area contributed by atoms with Crippen molar-refractivity contribution < 1.29 is 9.84 Å². The first kappa shape index (κ1) is 14.9. The molecule has 0 aromatic heterocycles. The first-order valence-electron chi connectivity index (χ1n) is 6.86. The maximum Gasteiger partial charge on any atom is 0.0610 e. The van der Waals surface area contributed by atoms with E-state index in [-0.39, 0.29) is 12.1 Å². The lowest BCUT2D eigenvalue weighted by atomic mass is 9.95. The number of hydrogen-bond acceptors (Lipinski definition) is 4. The molecule has 4 nitrogen and oxygen atoms in total. The second kappa shape index (κ2) is 8.03. The fourth-order valence-electron chi connectivity index (χ4n) is 2.33. The van der Waals surface area contributed by atoms with Gasteiger partial charge in [0.2, 0.25) is 0 Å². The number of likely N-dealkylation sites (N-methyl/N-ethyl adjacent to an activating group) is 1. The molecule has 1 unspecified atom stereocenters. The summed E-state index contributed by atoms with van der Waals surface area (Å²) in [5, 5.41) is 12.7. The highest BCUT2D eigenvalue weighted by molar-refractivity contribution is 4.81. The van der Waals surface area contributed by atoms with Gasteiger partial charge in [0, 0.05) is 18.6 Å². The van der Waals surface area contributed by atoms with Crippen LogP contribution in [0.4, 0.5) is 0 Å². The molecule has 1 saturated heterocycles. The summed E-state index contributed by atoms with van der Waals surface area (Å²) in [6, 6.07) is 0. The van der Waals surface area contributed by atoms with Crippen molar-refractivity contribution >= 4 is 0 Å². The van der Waals surface area contributed by atoms with Crippen molar-refractivity contribution in [2.45, 2.75) is 38.6 Å². The molecule has 1 fully saturated rings. The minimum atomic E-state index is -0.0975. The fourth-order valence-corrected chi connectivity index (χ4v) is 2.33. The summed E-state index contributed by atoms with van der Waals surface area (Å²) in [6.45, 7) is 10.4. The summed E-state index contributed by atoms with van der Waals surface area (Å²) in [5.74, 6) is 0. The smallest absolute Gasteiger partial charge is 0.0610 e. The molecule has 1 aliphatic rings. The van der Waals surface area contributed by atoms with Crippen LogP contribution in [-0.4, -0.2) is 61.5 Å². The summed E-state index contributed by atoms with van der Waals surface area (Å²) in [5.41, 5.74) is -0.0975. The SMILES string of the molecule is CCNC(C)(CO)CCCCN1CCOCC1. The predicted octanol–water partition coefficient (Wildman–Crippen LogP) is 0.849. The van der Waals surface area contributed by atoms with Crippen molar-refractivity contribution in [1.82, 2.24) is 10.2 Å². The molecule has 0 saturated carbocycles. The number of nitrogens with zero attached hydrogens (tertiary/aromatic N) is 1. The average Bonchev–Trinajstić information content (AvgIpc) is 2.36. The molecule has 0 bridgehead atoms. The Morgan fingerprint density at radius 2 is 2.00 bits per heavy atom. The number of hydrogen-bond donors (Lipinski definition) is 2. The molecular weight excluding hydrogens is 216 g/mol. The Labute approximate surface area is 105 Å². The van der Waals surface area contributed by atoms with Gasteiger partial charge in [-0.25, -0.2) is 0 Å². The Morgan fingerprint density at radius 3 is 2.59 bits per heavy atom. The van der Waals surface area contributed by atoms with Gasteiger partial charge in [0.1, 0.15) is 0 Å². The fraction of sp³-hybridized carbons (Fsp3) is 1.00. The molecule has 4 heteroatoms. The number of morpholine rings is 1. The minimum Gasteiger partial charge on any atom is -0.394 e. The zero-order chi connectivity index (χ0) is 12.6. The average molecular weight is 244 g/mol. The molecule has 0 aliphatic carbocycles. The maximum absolute atomic E-state index is 9.37. The third kappa shape index (κ3) is 5.82. The van der Waals surface area contributed by atoms with E-state index in [4.69, 9.17) is 4.74 Å². The third-order valence-electron chi connectivity index (χ3n) is 3.51. The first-order chi connectivity index (χ1) is 8.20. The Kier molecular flexibility index (Phi) is 7.04. The molecule has 1 aliphatic heterocycles. The summed E-state index contributed by atoms with van der Waals surface area (Å²) in [4.78, 5) is 2.47. The van der Waals surface area contributed by atoms with Crippen LogP contribution in [0.2, 0.25) is 0 Å². The molecule has 0 radical (unpaired) electrons. The van der Waals surface area contributed by atoms with Crippen molar-refractivity contribution in [2.24, 2.45) is 0 Å². The van der Waals surface area contributed by atoms with Gasteiger partial charge in [0.05, 0.1) is 19.8 Å². The van der Waals surface area contributed by atoms with Gasteiger partial charge in [-0.2, -0.15) is 0 Å². The maximum atomic E-state index is 9.37. The van der Waals surface area contributed by atoms with Crippen molar-refractivity contribution in [3.63, 3.8) is 0 Å².